The Hall–Kier alpha value is -2.86. The molecule has 0 fully saturated rings. The summed E-state index contributed by atoms with van der Waals surface area (Å²) in [6.07, 6.45) is 0. The van der Waals surface area contributed by atoms with Crippen molar-refractivity contribution in [3.63, 3.8) is 0 Å². The summed E-state index contributed by atoms with van der Waals surface area (Å²) in [5.41, 5.74) is 0.475. The number of rotatable bonds is 5. The molecule has 29 heavy (non-hydrogen) atoms. The molecule has 0 saturated carbocycles. The van der Waals surface area contributed by atoms with Crippen LogP contribution in [-0.2, 0) is 4.79 Å². The number of ether oxygens (including phenoxy) is 1. The smallest absolute Gasteiger partial charge is 0.262 e. The van der Waals surface area contributed by atoms with E-state index < -0.39 is 0 Å². The minimum Gasteiger partial charge on any atom is -0.483 e. The van der Waals surface area contributed by atoms with Crippen LogP contribution in [0.2, 0.25) is 0 Å². The average Bonchev–Trinajstić information content (AvgIpc) is 2.67. The summed E-state index contributed by atoms with van der Waals surface area (Å²) in [4.78, 5) is 24.9. The van der Waals surface area contributed by atoms with Crippen molar-refractivity contribution in [2.45, 2.75) is 26.3 Å². The van der Waals surface area contributed by atoms with Gasteiger partial charge in [-0.1, -0.05) is 42.5 Å². The molecule has 3 aromatic carbocycles. The van der Waals surface area contributed by atoms with Gasteiger partial charge in [0.2, 0.25) is 0 Å². The molecule has 150 valence electrons. The average molecular weight is 455 g/mol. The van der Waals surface area contributed by atoms with Crippen molar-refractivity contribution in [1.29, 1.82) is 0 Å². The normalized spacial score (nSPS) is 11.2. The van der Waals surface area contributed by atoms with Crippen molar-refractivity contribution in [3.05, 3.63) is 70.7 Å². The zero-order chi connectivity index (χ0) is 21.0. The van der Waals surface area contributed by atoms with Gasteiger partial charge < -0.3 is 15.4 Å². The van der Waals surface area contributed by atoms with Gasteiger partial charge in [0.05, 0.1) is 15.7 Å². The first kappa shape index (κ1) is 20.9. The Kier molecular flexibility index (Phi) is 6.23. The molecule has 0 bridgehead atoms. The highest BCUT2D eigenvalue weighted by molar-refractivity contribution is 9.10. The van der Waals surface area contributed by atoms with E-state index >= 15 is 0 Å². The highest BCUT2D eigenvalue weighted by Gasteiger charge is 2.19. The second kappa shape index (κ2) is 8.66. The van der Waals surface area contributed by atoms with Gasteiger partial charge in [-0.3, -0.25) is 9.59 Å². The monoisotopic (exact) mass is 454 g/mol. The minimum absolute atomic E-state index is 0.174. The molecule has 2 amide bonds. The largest absolute Gasteiger partial charge is 0.483 e. The predicted octanol–water partition coefficient (Wildman–Crippen LogP) is 5.15. The van der Waals surface area contributed by atoms with E-state index in [1.165, 1.54) is 0 Å². The molecule has 5 nitrogen and oxygen atoms in total. The highest BCUT2D eigenvalue weighted by atomic mass is 79.9. The number of hydrogen-bond donors (Lipinski definition) is 2. The molecule has 0 atom stereocenters. The first-order chi connectivity index (χ1) is 13.7. The second-order valence-corrected chi connectivity index (χ2v) is 8.48. The maximum absolute atomic E-state index is 12.5. The van der Waals surface area contributed by atoms with Gasteiger partial charge in [-0.2, -0.15) is 0 Å². The summed E-state index contributed by atoms with van der Waals surface area (Å²) < 4.78 is 6.50. The van der Waals surface area contributed by atoms with Crippen molar-refractivity contribution in [2.75, 3.05) is 11.9 Å². The molecule has 0 saturated heterocycles. The van der Waals surface area contributed by atoms with E-state index in [0.29, 0.717) is 17.0 Å². The van der Waals surface area contributed by atoms with Gasteiger partial charge in [-0.05, 0) is 65.7 Å². The molecule has 2 N–H and O–H groups in total. The summed E-state index contributed by atoms with van der Waals surface area (Å²) in [6.45, 7) is 5.54. The Labute approximate surface area is 178 Å². The van der Waals surface area contributed by atoms with Gasteiger partial charge in [-0.15, -0.1) is 0 Å². The van der Waals surface area contributed by atoms with Gasteiger partial charge in [0.25, 0.3) is 11.8 Å². The number of halogens is 1. The fraction of sp³-hybridized carbons (Fsp3) is 0.217. The Bertz CT molecular complexity index is 1060. The van der Waals surface area contributed by atoms with Gasteiger partial charge in [0.15, 0.2) is 6.61 Å². The minimum atomic E-state index is -0.375. The van der Waals surface area contributed by atoms with Crippen LogP contribution in [0.4, 0.5) is 5.69 Å². The molecule has 0 spiro atoms. The molecule has 0 aliphatic carbocycles. The zero-order valence-electron chi connectivity index (χ0n) is 16.6. The van der Waals surface area contributed by atoms with E-state index in [0.717, 1.165) is 15.2 Å². The SMILES string of the molecule is CC(C)(C)NC(=O)c1ccccc1NC(=O)COc1ccc2ccccc2c1Br. The highest BCUT2D eigenvalue weighted by Crippen LogP contribution is 2.33. The van der Waals surface area contributed by atoms with Crippen LogP contribution in [0, 0.1) is 0 Å². The fourth-order valence-corrected chi connectivity index (χ4v) is 3.46. The first-order valence-corrected chi connectivity index (χ1v) is 10.1. The lowest BCUT2D eigenvalue weighted by Crippen LogP contribution is -2.41. The van der Waals surface area contributed by atoms with Crippen LogP contribution in [0.1, 0.15) is 31.1 Å². The van der Waals surface area contributed by atoms with Crippen LogP contribution in [0.25, 0.3) is 10.8 Å². The van der Waals surface area contributed by atoms with E-state index in [9.17, 15) is 9.59 Å². The molecule has 0 radical (unpaired) electrons. The topological polar surface area (TPSA) is 67.4 Å². The summed E-state index contributed by atoms with van der Waals surface area (Å²) in [5.74, 6) is -0.00901. The van der Waals surface area contributed by atoms with Gasteiger partial charge in [-0.25, -0.2) is 0 Å². The number of amides is 2. The molecule has 0 aliphatic heterocycles. The zero-order valence-corrected chi connectivity index (χ0v) is 18.2. The number of carbonyl (C=O) groups excluding carboxylic acids is 2. The van der Waals surface area contributed by atoms with Gasteiger partial charge >= 0.3 is 0 Å². The number of carbonyl (C=O) groups is 2. The Balaban J connectivity index is 1.69. The Morgan fingerprint density at radius 3 is 2.41 bits per heavy atom. The molecular weight excluding hydrogens is 432 g/mol. The first-order valence-electron chi connectivity index (χ1n) is 9.26. The number of para-hydroxylation sites is 1. The maximum atomic E-state index is 12.5. The van der Waals surface area contributed by atoms with Crippen LogP contribution < -0.4 is 15.4 Å². The van der Waals surface area contributed by atoms with Gasteiger partial charge in [0.1, 0.15) is 5.75 Å². The molecule has 0 aromatic heterocycles. The molecular formula is C23H23BrN2O3. The molecule has 0 heterocycles. The predicted molar refractivity (Wildman–Crippen MR) is 119 cm³/mol. The molecule has 3 aromatic rings. The van der Waals surface area contributed by atoms with Crippen LogP contribution in [0.15, 0.2) is 65.1 Å². The number of hydrogen-bond acceptors (Lipinski definition) is 3. The van der Waals surface area contributed by atoms with E-state index in [1.807, 2.05) is 57.2 Å². The molecule has 0 aliphatic rings. The number of benzene rings is 3. The standard InChI is InChI=1S/C23H23BrN2O3/c1-23(2,3)26-22(28)17-10-6-7-11-18(17)25-20(27)14-29-19-13-12-15-8-4-5-9-16(15)21(19)24/h4-13H,14H2,1-3H3,(H,25,27)(H,26,28). The number of anilines is 1. The molecule has 3 rings (SSSR count). The lowest BCUT2D eigenvalue weighted by molar-refractivity contribution is -0.118. The van der Waals surface area contributed by atoms with Crippen molar-refractivity contribution < 1.29 is 14.3 Å². The summed E-state index contributed by atoms with van der Waals surface area (Å²) in [5, 5.41) is 7.76. The third-order valence-corrected chi connectivity index (χ3v) is 4.94. The Morgan fingerprint density at radius 2 is 1.66 bits per heavy atom. The summed E-state index contributed by atoms with van der Waals surface area (Å²) in [6, 6.07) is 18.6. The number of fused-ring (bicyclic) bond motifs is 1. The summed E-state index contributed by atoms with van der Waals surface area (Å²) >= 11 is 3.55. The molecule has 0 unspecified atom stereocenters. The van der Waals surface area contributed by atoms with Crippen LogP contribution in [0.3, 0.4) is 0 Å². The quantitative estimate of drug-likeness (QED) is 0.560. The molecule has 6 heteroatoms. The second-order valence-electron chi connectivity index (χ2n) is 7.69. The van der Waals surface area contributed by atoms with Crippen LogP contribution >= 0.6 is 15.9 Å². The lowest BCUT2D eigenvalue weighted by Gasteiger charge is -2.21. The number of nitrogens with one attached hydrogen (secondary N) is 2. The van der Waals surface area contributed by atoms with Crippen molar-refractivity contribution >= 4 is 44.2 Å². The van der Waals surface area contributed by atoms with Crippen LogP contribution in [-0.4, -0.2) is 24.0 Å². The van der Waals surface area contributed by atoms with E-state index in [-0.39, 0.29) is 24.0 Å². The van der Waals surface area contributed by atoms with Crippen LogP contribution in [0.5, 0.6) is 5.75 Å². The Morgan fingerprint density at radius 1 is 0.966 bits per heavy atom. The van der Waals surface area contributed by atoms with E-state index in [2.05, 4.69) is 26.6 Å². The third-order valence-electron chi connectivity index (χ3n) is 4.12. The van der Waals surface area contributed by atoms with E-state index in [1.54, 1.807) is 24.3 Å². The van der Waals surface area contributed by atoms with Crippen molar-refractivity contribution in [3.8, 4) is 5.75 Å². The lowest BCUT2D eigenvalue weighted by atomic mass is 10.1. The maximum Gasteiger partial charge on any atom is 0.262 e. The van der Waals surface area contributed by atoms with Crippen molar-refractivity contribution in [1.82, 2.24) is 5.32 Å². The van der Waals surface area contributed by atoms with Crippen molar-refractivity contribution in [2.24, 2.45) is 0 Å². The fourth-order valence-electron chi connectivity index (χ4n) is 2.85. The summed E-state index contributed by atoms with van der Waals surface area (Å²) in [7, 11) is 0. The third kappa shape index (κ3) is 5.35. The van der Waals surface area contributed by atoms with E-state index in [4.69, 9.17) is 4.74 Å². The van der Waals surface area contributed by atoms with Gasteiger partial charge in [0, 0.05) is 5.54 Å².